The van der Waals surface area contributed by atoms with Crippen molar-refractivity contribution in [3.05, 3.63) is 70.6 Å². The van der Waals surface area contributed by atoms with Crippen molar-refractivity contribution < 1.29 is 13.6 Å². The van der Waals surface area contributed by atoms with E-state index in [0.717, 1.165) is 61.2 Å². The van der Waals surface area contributed by atoms with Crippen molar-refractivity contribution >= 4 is 34.6 Å². The minimum absolute atomic E-state index is 0.0323. The van der Waals surface area contributed by atoms with Gasteiger partial charge in [0.1, 0.15) is 0 Å². The zero-order valence-electron chi connectivity index (χ0n) is 22.7. The number of hydrogen-bond donors (Lipinski definition) is 0. The number of nitrogens with zero attached hydrogens (tertiary/aromatic N) is 4. The predicted octanol–water partition coefficient (Wildman–Crippen LogP) is 7.27. The maximum absolute atomic E-state index is 14.4. The smallest absolute Gasteiger partial charge is 0.264 e. The second-order valence-corrected chi connectivity index (χ2v) is 12.0. The summed E-state index contributed by atoms with van der Waals surface area (Å²) in [6.45, 7) is 3.51. The molecule has 0 saturated carbocycles. The van der Waals surface area contributed by atoms with Crippen molar-refractivity contribution in [2.75, 3.05) is 17.7 Å². The van der Waals surface area contributed by atoms with E-state index >= 15 is 0 Å². The quantitative estimate of drug-likeness (QED) is 0.336. The van der Waals surface area contributed by atoms with Crippen LogP contribution in [-0.4, -0.2) is 38.6 Å². The fourth-order valence-electron chi connectivity index (χ4n) is 6.32. The molecule has 1 unspecified atom stereocenters. The van der Waals surface area contributed by atoms with Crippen LogP contribution < -0.4 is 4.90 Å². The summed E-state index contributed by atoms with van der Waals surface area (Å²) in [5, 5.41) is 4.87. The second kappa shape index (κ2) is 10.5. The number of thioether (sulfide) groups is 1. The molecule has 6 rings (SSSR count). The monoisotopic (exact) mass is 548 g/mol. The van der Waals surface area contributed by atoms with Crippen LogP contribution in [0.1, 0.15) is 66.8 Å². The zero-order valence-corrected chi connectivity index (χ0v) is 23.5. The predicted molar refractivity (Wildman–Crippen MR) is 154 cm³/mol. The highest BCUT2D eigenvalue weighted by molar-refractivity contribution is 7.99. The summed E-state index contributed by atoms with van der Waals surface area (Å²) >= 11 is 1.93. The number of carbonyl (C=O) groups excluding carboxylic acids is 1. The molecule has 0 fully saturated rings. The largest absolute Gasteiger partial charge is 0.341 e. The summed E-state index contributed by atoms with van der Waals surface area (Å²) in [6, 6.07) is 8.15. The Bertz CT molecular complexity index is 1460. The summed E-state index contributed by atoms with van der Waals surface area (Å²) < 4.78 is 30.5. The molecule has 5 nitrogen and oxygen atoms in total. The Hall–Kier alpha value is -3.13. The lowest BCUT2D eigenvalue weighted by Gasteiger charge is -2.34. The molecule has 1 atom stereocenters. The summed E-state index contributed by atoms with van der Waals surface area (Å²) in [4.78, 5) is 16.5. The van der Waals surface area contributed by atoms with Gasteiger partial charge in [0, 0.05) is 73.1 Å². The van der Waals surface area contributed by atoms with Crippen LogP contribution in [0.3, 0.4) is 0 Å². The van der Waals surface area contributed by atoms with Gasteiger partial charge in [-0.05, 0) is 90.5 Å². The molecule has 1 aliphatic carbocycles. The Morgan fingerprint density at radius 1 is 1.08 bits per heavy atom. The van der Waals surface area contributed by atoms with Gasteiger partial charge in [-0.15, -0.1) is 0 Å². The molecule has 1 amide bonds. The maximum atomic E-state index is 14.4. The van der Waals surface area contributed by atoms with Crippen LogP contribution in [0.5, 0.6) is 0 Å². The number of allylic oxidation sites excluding steroid dienone is 2. The van der Waals surface area contributed by atoms with Crippen molar-refractivity contribution in [3.63, 3.8) is 0 Å². The van der Waals surface area contributed by atoms with Crippen molar-refractivity contribution in [3.8, 4) is 11.1 Å². The van der Waals surface area contributed by atoms with Crippen molar-refractivity contribution in [1.82, 2.24) is 14.7 Å². The van der Waals surface area contributed by atoms with Gasteiger partial charge in [0.15, 0.2) is 0 Å². The summed E-state index contributed by atoms with van der Waals surface area (Å²) in [5.74, 6) is 0.0542. The molecule has 8 heteroatoms. The first-order chi connectivity index (χ1) is 18.8. The van der Waals surface area contributed by atoms with Gasteiger partial charge in [0.25, 0.3) is 6.43 Å². The van der Waals surface area contributed by atoms with E-state index in [4.69, 9.17) is 0 Å². The molecule has 204 valence electrons. The van der Waals surface area contributed by atoms with Crippen molar-refractivity contribution in [2.45, 2.75) is 63.8 Å². The highest BCUT2D eigenvalue weighted by Crippen LogP contribution is 2.45. The number of aryl methyl sites for hydroxylation is 2. The number of fused-ring (bicyclic) bond motifs is 2. The number of anilines is 2. The van der Waals surface area contributed by atoms with E-state index in [-0.39, 0.29) is 11.5 Å². The highest BCUT2D eigenvalue weighted by Gasteiger charge is 2.31. The number of carbonyl (C=O) groups is 1. The van der Waals surface area contributed by atoms with Crippen LogP contribution in [-0.2, 0) is 31.4 Å². The molecular formula is C31H34F2N4OS. The molecule has 3 aliphatic rings. The molecule has 0 saturated heterocycles. The first-order valence-electron chi connectivity index (χ1n) is 13.7. The van der Waals surface area contributed by atoms with Crippen LogP contribution in [0, 0.1) is 0 Å². The Balaban J connectivity index is 1.47. The standard InChI is InChI=1S/C31H34F2N4OS/c1-19(38)36-17-23-11-22(20-6-8-25(39-3)9-7-20)13-30(28(23)18-36)37-10-4-5-21-12-26(24-15-34-35(2)16-24)27(31(32)33)14-29(21)37/h6,11-16,25,31H,4-5,7-10,17-18H2,1-3H3. The van der Waals surface area contributed by atoms with Crippen LogP contribution >= 0.6 is 11.8 Å². The number of amides is 1. The third kappa shape index (κ3) is 4.88. The Kier molecular flexibility index (Phi) is 7.00. The van der Waals surface area contributed by atoms with Gasteiger partial charge in [0.2, 0.25) is 5.91 Å². The van der Waals surface area contributed by atoms with Gasteiger partial charge in [-0.2, -0.15) is 16.9 Å². The fraction of sp³-hybridized carbons (Fsp3) is 0.419. The molecule has 0 bridgehead atoms. The molecule has 0 radical (unpaired) electrons. The number of benzene rings is 2. The van der Waals surface area contributed by atoms with Crippen molar-refractivity contribution in [2.24, 2.45) is 7.05 Å². The molecule has 39 heavy (non-hydrogen) atoms. The van der Waals surface area contributed by atoms with Gasteiger partial charge in [-0.1, -0.05) is 6.08 Å². The van der Waals surface area contributed by atoms with Crippen LogP contribution in [0.2, 0.25) is 0 Å². The summed E-state index contributed by atoms with van der Waals surface area (Å²) in [6.07, 6.45) is 10.4. The Morgan fingerprint density at radius 2 is 1.92 bits per heavy atom. The van der Waals surface area contributed by atoms with Gasteiger partial charge in [-0.3, -0.25) is 9.48 Å². The van der Waals surface area contributed by atoms with Crippen LogP contribution in [0.15, 0.2) is 42.7 Å². The molecule has 3 aromatic rings. The maximum Gasteiger partial charge on any atom is 0.264 e. The normalized spacial score (nSPS) is 18.8. The Morgan fingerprint density at radius 3 is 2.59 bits per heavy atom. The zero-order chi connectivity index (χ0) is 27.3. The molecule has 1 aromatic heterocycles. The minimum Gasteiger partial charge on any atom is -0.341 e. The summed E-state index contributed by atoms with van der Waals surface area (Å²) in [5.41, 5.74) is 9.12. The first-order valence-corrected chi connectivity index (χ1v) is 15.0. The number of rotatable bonds is 5. The topological polar surface area (TPSA) is 41.4 Å². The fourth-order valence-corrected chi connectivity index (χ4v) is 6.96. The van der Waals surface area contributed by atoms with E-state index in [1.54, 1.807) is 37.1 Å². The third-order valence-electron chi connectivity index (χ3n) is 8.45. The van der Waals surface area contributed by atoms with Gasteiger partial charge >= 0.3 is 0 Å². The van der Waals surface area contributed by atoms with E-state index in [0.29, 0.717) is 29.5 Å². The number of alkyl halides is 2. The number of aromatic nitrogens is 2. The van der Waals surface area contributed by atoms with E-state index in [2.05, 4.69) is 34.5 Å². The summed E-state index contributed by atoms with van der Waals surface area (Å²) in [7, 11) is 1.80. The minimum atomic E-state index is -2.60. The molecule has 2 aromatic carbocycles. The number of hydrogen-bond acceptors (Lipinski definition) is 4. The molecule has 0 spiro atoms. The van der Waals surface area contributed by atoms with E-state index < -0.39 is 6.43 Å². The van der Waals surface area contributed by atoms with Gasteiger partial charge < -0.3 is 9.80 Å². The second-order valence-electron chi connectivity index (χ2n) is 10.9. The highest BCUT2D eigenvalue weighted by atomic mass is 32.2. The van der Waals surface area contributed by atoms with E-state index in [1.165, 1.54) is 16.7 Å². The van der Waals surface area contributed by atoms with Gasteiger partial charge in [0.05, 0.1) is 6.20 Å². The van der Waals surface area contributed by atoms with E-state index in [9.17, 15) is 13.6 Å². The number of halogens is 2. The SMILES string of the molecule is CSC1CC=C(c2cc3c(c(N4CCCc5cc(-c6cnn(C)c6)c(C(F)F)cc54)c2)CN(C(C)=O)C3)CC1. The molecule has 2 aliphatic heterocycles. The van der Waals surface area contributed by atoms with Crippen LogP contribution in [0.4, 0.5) is 20.2 Å². The van der Waals surface area contributed by atoms with Crippen LogP contribution in [0.25, 0.3) is 16.7 Å². The van der Waals surface area contributed by atoms with E-state index in [1.807, 2.05) is 22.7 Å². The first kappa shape index (κ1) is 26.1. The lowest BCUT2D eigenvalue weighted by atomic mass is 9.89. The van der Waals surface area contributed by atoms with Crippen molar-refractivity contribution in [1.29, 1.82) is 0 Å². The lowest BCUT2D eigenvalue weighted by molar-refractivity contribution is -0.129. The molecule has 0 N–H and O–H groups in total. The average molecular weight is 549 g/mol. The molecular weight excluding hydrogens is 514 g/mol. The van der Waals surface area contributed by atoms with Gasteiger partial charge in [-0.25, -0.2) is 8.78 Å². The molecule has 3 heterocycles. The third-order valence-corrected chi connectivity index (χ3v) is 9.55. The average Bonchev–Trinajstić information content (AvgIpc) is 3.58. The Labute approximate surface area is 232 Å². The lowest BCUT2D eigenvalue weighted by Crippen LogP contribution is -2.27.